The van der Waals surface area contributed by atoms with Crippen LogP contribution < -0.4 is 5.73 Å². The number of nitrogens with two attached hydrogens (primary N) is 1. The monoisotopic (exact) mass is 251 g/mol. The van der Waals surface area contributed by atoms with E-state index in [0.717, 1.165) is 25.0 Å². The van der Waals surface area contributed by atoms with Crippen molar-refractivity contribution in [2.45, 2.75) is 51.5 Å². The molecule has 5 heteroatoms. The number of carboxylic acids is 1. The molecular formula is C13H21N3O2. The molecule has 0 bridgehead atoms. The summed E-state index contributed by atoms with van der Waals surface area (Å²) in [7, 11) is 0. The van der Waals surface area contributed by atoms with Crippen LogP contribution in [0.5, 0.6) is 0 Å². The number of carboxylic acid groups (broad SMARTS) is 1. The van der Waals surface area contributed by atoms with Crippen molar-refractivity contribution in [3.63, 3.8) is 0 Å². The highest BCUT2D eigenvalue weighted by Crippen LogP contribution is 2.35. The molecule has 0 aromatic carbocycles. The van der Waals surface area contributed by atoms with E-state index in [1.807, 2.05) is 11.6 Å². The van der Waals surface area contributed by atoms with E-state index >= 15 is 0 Å². The van der Waals surface area contributed by atoms with Gasteiger partial charge < -0.3 is 10.8 Å². The first-order valence-corrected chi connectivity index (χ1v) is 6.61. The lowest BCUT2D eigenvalue weighted by molar-refractivity contribution is -0.137. The Kier molecular flexibility index (Phi) is 4.01. The number of fused-ring (bicyclic) bond motifs is 1. The smallest absolute Gasteiger partial charge is 0.305 e. The van der Waals surface area contributed by atoms with Crippen LogP contribution in [-0.2, 0) is 17.8 Å². The average Bonchev–Trinajstić information content (AvgIpc) is 2.65. The van der Waals surface area contributed by atoms with Crippen molar-refractivity contribution in [1.29, 1.82) is 0 Å². The van der Waals surface area contributed by atoms with Crippen LogP contribution >= 0.6 is 0 Å². The van der Waals surface area contributed by atoms with Gasteiger partial charge in [0.2, 0.25) is 0 Å². The molecule has 1 unspecified atom stereocenters. The highest BCUT2D eigenvalue weighted by molar-refractivity contribution is 5.66. The van der Waals surface area contributed by atoms with E-state index in [1.165, 1.54) is 17.7 Å². The van der Waals surface area contributed by atoms with Crippen molar-refractivity contribution in [2.75, 3.05) is 6.54 Å². The molecule has 3 N–H and O–H groups in total. The number of aryl methyl sites for hydroxylation is 2. The molecule has 0 amide bonds. The molecule has 0 aliphatic heterocycles. The van der Waals surface area contributed by atoms with E-state index in [2.05, 4.69) is 5.10 Å². The minimum absolute atomic E-state index is 0.134. The summed E-state index contributed by atoms with van der Waals surface area (Å²) < 4.78 is 1.89. The van der Waals surface area contributed by atoms with Gasteiger partial charge in [0.05, 0.1) is 18.7 Å². The number of hydrogen-bond acceptors (Lipinski definition) is 3. The van der Waals surface area contributed by atoms with Crippen molar-refractivity contribution >= 4 is 5.97 Å². The van der Waals surface area contributed by atoms with Gasteiger partial charge in [0.15, 0.2) is 0 Å². The molecule has 1 heterocycles. The average molecular weight is 251 g/mol. The summed E-state index contributed by atoms with van der Waals surface area (Å²) in [6.07, 6.45) is 4.47. The molecule has 18 heavy (non-hydrogen) atoms. The summed E-state index contributed by atoms with van der Waals surface area (Å²) in [6, 6.07) is 0. The maximum Gasteiger partial charge on any atom is 0.305 e. The van der Waals surface area contributed by atoms with Crippen molar-refractivity contribution in [3.05, 3.63) is 17.0 Å². The van der Waals surface area contributed by atoms with Crippen LogP contribution in [0.25, 0.3) is 0 Å². The Morgan fingerprint density at radius 1 is 1.61 bits per heavy atom. The molecule has 5 nitrogen and oxygen atoms in total. The Morgan fingerprint density at radius 2 is 2.39 bits per heavy atom. The summed E-state index contributed by atoms with van der Waals surface area (Å²) >= 11 is 0. The number of aromatic nitrogens is 2. The minimum atomic E-state index is -0.772. The first kappa shape index (κ1) is 13.1. The second-order valence-corrected chi connectivity index (χ2v) is 4.98. The maximum absolute atomic E-state index is 10.7. The molecule has 100 valence electrons. The van der Waals surface area contributed by atoms with Gasteiger partial charge in [-0.15, -0.1) is 0 Å². The molecule has 0 saturated carbocycles. The number of nitrogens with zero attached hydrogens (tertiary/aromatic N) is 2. The Hall–Kier alpha value is -1.36. The Morgan fingerprint density at radius 3 is 3.06 bits per heavy atom. The topological polar surface area (TPSA) is 81.1 Å². The van der Waals surface area contributed by atoms with E-state index < -0.39 is 5.97 Å². The molecular weight excluding hydrogens is 230 g/mol. The molecule has 1 aromatic rings. The van der Waals surface area contributed by atoms with E-state index in [1.54, 1.807) is 0 Å². The summed E-state index contributed by atoms with van der Waals surface area (Å²) in [5, 5.41) is 13.3. The number of rotatable bonds is 5. The lowest BCUT2D eigenvalue weighted by Crippen LogP contribution is -2.16. The molecule has 1 aliphatic carbocycles. The quantitative estimate of drug-likeness (QED) is 0.829. The fourth-order valence-electron chi connectivity index (χ4n) is 2.97. The summed E-state index contributed by atoms with van der Waals surface area (Å²) in [6.45, 7) is 3.19. The van der Waals surface area contributed by atoms with Gasteiger partial charge >= 0.3 is 5.97 Å². The van der Waals surface area contributed by atoms with Crippen LogP contribution in [-0.4, -0.2) is 27.4 Å². The van der Waals surface area contributed by atoms with Gasteiger partial charge in [0, 0.05) is 5.69 Å². The van der Waals surface area contributed by atoms with E-state index in [-0.39, 0.29) is 6.42 Å². The Labute approximate surface area is 107 Å². The van der Waals surface area contributed by atoms with Gasteiger partial charge in [0.25, 0.3) is 0 Å². The van der Waals surface area contributed by atoms with Crippen LogP contribution in [0.15, 0.2) is 0 Å². The predicted molar refractivity (Wildman–Crippen MR) is 68.6 cm³/mol. The highest BCUT2D eigenvalue weighted by atomic mass is 16.4. The zero-order chi connectivity index (χ0) is 13.1. The maximum atomic E-state index is 10.7. The van der Waals surface area contributed by atoms with Crippen LogP contribution in [0.1, 0.15) is 48.6 Å². The van der Waals surface area contributed by atoms with Crippen LogP contribution in [0.2, 0.25) is 0 Å². The van der Waals surface area contributed by atoms with Crippen molar-refractivity contribution in [1.82, 2.24) is 9.78 Å². The molecule has 1 aromatic heterocycles. The van der Waals surface area contributed by atoms with Gasteiger partial charge in [-0.1, -0.05) is 0 Å². The largest absolute Gasteiger partial charge is 0.481 e. The van der Waals surface area contributed by atoms with Gasteiger partial charge in [0.1, 0.15) is 0 Å². The third-order valence-electron chi connectivity index (χ3n) is 3.71. The summed E-state index contributed by atoms with van der Waals surface area (Å²) in [5.41, 5.74) is 9.28. The van der Waals surface area contributed by atoms with Gasteiger partial charge in [-0.25, -0.2) is 0 Å². The molecule has 2 rings (SSSR count). The van der Waals surface area contributed by atoms with Crippen molar-refractivity contribution in [2.24, 2.45) is 5.73 Å². The first-order valence-electron chi connectivity index (χ1n) is 6.61. The van der Waals surface area contributed by atoms with E-state index in [4.69, 9.17) is 10.8 Å². The predicted octanol–water partition coefficient (Wildman–Crippen LogP) is 1.43. The summed E-state index contributed by atoms with van der Waals surface area (Å²) in [4.78, 5) is 10.7. The van der Waals surface area contributed by atoms with Gasteiger partial charge in [-0.05, 0) is 50.6 Å². The molecule has 1 aliphatic rings. The fraction of sp³-hybridized carbons (Fsp3) is 0.692. The second-order valence-electron chi connectivity index (χ2n) is 4.98. The highest BCUT2D eigenvalue weighted by Gasteiger charge is 2.26. The summed E-state index contributed by atoms with van der Waals surface area (Å²) in [5.74, 6) is -0.261. The first-order chi connectivity index (χ1) is 8.63. The zero-order valence-electron chi connectivity index (χ0n) is 10.9. The number of hydrogen-bond donors (Lipinski definition) is 2. The molecule has 0 saturated heterocycles. The third-order valence-corrected chi connectivity index (χ3v) is 3.71. The normalized spacial score (nSPS) is 18.7. The second kappa shape index (κ2) is 5.52. The van der Waals surface area contributed by atoms with Crippen LogP contribution in [0, 0.1) is 6.92 Å². The lowest BCUT2D eigenvalue weighted by atomic mass is 9.83. The number of carbonyl (C=O) groups is 1. The molecule has 0 radical (unpaired) electrons. The van der Waals surface area contributed by atoms with Crippen molar-refractivity contribution < 1.29 is 9.90 Å². The molecule has 0 spiro atoms. The van der Waals surface area contributed by atoms with E-state index in [0.29, 0.717) is 19.0 Å². The third kappa shape index (κ3) is 2.56. The standard InChI is InChI=1S/C13H21N3O2/c1-9-13-10(5-7-14)3-2-4-11(13)16(15-9)8-6-12(17)18/h10H,2-8,14H2,1H3,(H,17,18). The van der Waals surface area contributed by atoms with E-state index in [9.17, 15) is 4.79 Å². The lowest BCUT2D eigenvalue weighted by Gasteiger charge is -2.23. The van der Waals surface area contributed by atoms with Crippen LogP contribution in [0.4, 0.5) is 0 Å². The SMILES string of the molecule is Cc1nn(CCC(=O)O)c2c1C(CCN)CCC2. The zero-order valence-corrected chi connectivity index (χ0v) is 10.9. The number of aliphatic carboxylic acids is 1. The van der Waals surface area contributed by atoms with Crippen LogP contribution in [0.3, 0.4) is 0 Å². The molecule has 0 fully saturated rings. The van der Waals surface area contributed by atoms with Gasteiger partial charge in [-0.2, -0.15) is 5.10 Å². The Balaban J connectivity index is 2.24. The van der Waals surface area contributed by atoms with Gasteiger partial charge in [-0.3, -0.25) is 9.48 Å². The minimum Gasteiger partial charge on any atom is -0.481 e. The fourth-order valence-corrected chi connectivity index (χ4v) is 2.97. The molecule has 1 atom stereocenters. The van der Waals surface area contributed by atoms with Crippen molar-refractivity contribution in [3.8, 4) is 0 Å². The Bertz CT molecular complexity index is 440.